The van der Waals surface area contributed by atoms with Crippen LogP contribution in [0, 0.1) is 0 Å². The molecule has 7 heteroatoms. The van der Waals surface area contributed by atoms with Gasteiger partial charge in [-0.15, -0.1) is 6.58 Å². The first kappa shape index (κ1) is 23.8. The van der Waals surface area contributed by atoms with Crippen molar-refractivity contribution >= 4 is 11.0 Å². The van der Waals surface area contributed by atoms with Gasteiger partial charge in [0.25, 0.3) is 0 Å². The minimum absolute atomic E-state index is 0.145. The third-order valence-electron chi connectivity index (χ3n) is 5.81. The molecule has 4 nitrogen and oxygen atoms in total. The van der Waals surface area contributed by atoms with Crippen molar-refractivity contribution < 1.29 is 27.4 Å². The van der Waals surface area contributed by atoms with Crippen molar-refractivity contribution in [2.24, 2.45) is 0 Å². The first-order chi connectivity index (χ1) is 16.2. The van der Waals surface area contributed by atoms with Crippen LogP contribution in [0.15, 0.2) is 76.2 Å². The molecule has 34 heavy (non-hydrogen) atoms. The van der Waals surface area contributed by atoms with E-state index in [0.717, 1.165) is 25.3 Å². The number of hydrogen-bond donors (Lipinski definition) is 1. The second-order valence-corrected chi connectivity index (χ2v) is 8.43. The summed E-state index contributed by atoms with van der Waals surface area (Å²) in [4.78, 5) is 12.7. The van der Waals surface area contributed by atoms with Crippen LogP contribution < -0.4 is 10.4 Å². The topological polar surface area (TPSA) is 59.7 Å². The van der Waals surface area contributed by atoms with Gasteiger partial charge in [0.2, 0.25) is 0 Å². The molecule has 1 N–H and O–H groups in total. The van der Waals surface area contributed by atoms with Crippen LogP contribution in [0.25, 0.3) is 22.1 Å². The monoisotopic (exact) mass is 470 g/mol. The molecule has 1 aliphatic carbocycles. The van der Waals surface area contributed by atoms with Crippen LogP contribution in [0.5, 0.6) is 5.75 Å². The third-order valence-corrected chi connectivity index (χ3v) is 5.81. The Labute approximate surface area is 195 Å². The number of allylic oxidation sites excluding steroid dienone is 1. The average molecular weight is 470 g/mol. The number of rotatable bonds is 8. The van der Waals surface area contributed by atoms with E-state index in [9.17, 15) is 23.1 Å². The van der Waals surface area contributed by atoms with Crippen molar-refractivity contribution in [2.45, 2.75) is 50.8 Å². The van der Waals surface area contributed by atoms with E-state index in [0.29, 0.717) is 41.7 Å². The molecular weight excluding hydrogens is 445 g/mol. The van der Waals surface area contributed by atoms with Gasteiger partial charge < -0.3 is 14.3 Å². The lowest BCUT2D eigenvalue weighted by Gasteiger charge is -2.15. The number of ether oxygens (including phenoxy) is 1. The second kappa shape index (κ2) is 9.89. The van der Waals surface area contributed by atoms with E-state index in [-0.39, 0.29) is 16.7 Å². The maximum Gasteiger partial charge on any atom is 0.417 e. The highest BCUT2D eigenvalue weighted by atomic mass is 19.4. The van der Waals surface area contributed by atoms with Crippen molar-refractivity contribution in [3.63, 3.8) is 0 Å². The molecule has 0 radical (unpaired) electrons. The molecule has 1 atom stereocenters. The standard InChI is InChI=1S/C27H25F3O4/c1-2-3-4-5-6-17-7-12-22(24(13-17)27(28,29)30)23-14-18-8-10-21(16-25(18)34-26(23)32)33-20-11-9-19(31)15-20/h2,7-8,10-14,16,19,31H,1,3-6,9,15H2. The van der Waals surface area contributed by atoms with Crippen molar-refractivity contribution in [1.82, 2.24) is 0 Å². The molecule has 1 unspecified atom stereocenters. The normalized spacial score (nSPS) is 16.0. The van der Waals surface area contributed by atoms with Crippen molar-refractivity contribution in [2.75, 3.05) is 0 Å². The van der Waals surface area contributed by atoms with Crippen LogP contribution in [-0.2, 0) is 12.6 Å². The quantitative estimate of drug-likeness (QED) is 0.224. The Morgan fingerprint density at radius 1 is 1.12 bits per heavy atom. The molecule has 4 rings (SSSR count). The fourth-order valence-electron chi connectivity index (χ4n) is 4.08. The summed E-state index contributed by atoms with van der Waals surface area (Å²) in [7, 11) is 0. The molecule has 2 aromatic carbocycles. The first-order valence-electron chi connectivity index (χ1n) is 11.2. The Morgan fingerprint density at radius 3 is 2.65 bits per heavy atom. The summed E-state index contributed by atoms with van der Waals surface area (Å²) in [6, 6.07) is 10.3. The van der Waals surface area contributed by atoms with E-state index in [1.165, 1.54) is 18.2 Å². The Bertz CT molecular complexity index is 1290. The van der Waals surface area contributed by atoms with Crippen LogP contribution >= 0.6 is 0 Å². The highest BCUT2D eigenvalue weighted by molar-refractivity contribution is 5.83. The minimum Gasteiger partial charge on any atom is -0.462 e. The fourth-order valence-corrected chi connectivity index (χ4v) is 4.08. The highest BCUT2D eigenvalue weighted by Crippen LogP contribution is 2.38. The number of benzene rings is 2. The number of aliphatic hydroxyl groups is 1. The Balaban J connectivity index is 1.66. The number of hydrogen-bond acceptors (Lipinski definition) is 4. The van der Waals surface area contributed by atoms with Gasteiger partial charge in [0, 0.05) is 23.4 Å². The van der Waals surface area contributed by atoms with Crippen LogP contribution in [0.3, 0.4) is 0 Å². The smallest absolute Gasteiger partial charge is 0.417 e. The van der Waals surface area contributed by atoms with E-state index < -0.39 is 23.5 Å². The highest BCUT2D eigenvalue weighted by Gasteiger charge is 2.34. The van der Waals surface area contributed by atoms with Gasteiger partial charge in [0.1, 0.15) is 17.1 Å². The lowest BCUT2D eigenvalue weighted by Crippen LogP contribution is -2.12. The molecule has 0 bridgehead atoms. The molecule has 0 spiro atoms. The van der Waals surface area contributed by atoms with Gasteiger partial charge in [0.05, 0.1) is 17.2 Å². The number of unbranched alkanes of at least 4 members (excludes halogenated alkanes) is 2. The van der Waals surface area contributed by atoms with E-state index in [1.54, 1.807) is 30.4 Å². The van der Waals surface area contributed by atoms with Gasteiger partial charge in [-0.2, -0.15) is 13.2 Å². The summed E-state index contributed by atoms with van der Waals surface area (Å²) >= 11 is 0. The Kier molecular flexibility index (Phi) is 6.93. The van der Waals surface area contributed by atoms with Crippen LogP contribution in [0.2, 0.25) is 0 Å². The zero-order chi connectivity index (χ0) is 24.3. The molecule has 0 fully saturated rings. The molecule has 1 aliphatic rings. The number of aliphatic hydroxyl groups excluding tert-OH is 1. The number of alkyl halides is 3. The largest absolute Gasteiger partial charge is 0.462 e. The van der Waals surface area contributed by atoms with Crippen LogP contribution in [0.4, 0.5) is 13.2 Å². The predicted molar refractivity (Wildman–Crippen MR) is 125 cm³/mol. The SMILES string of the molecule is C=CCCCCc1ccc(-c2cc3ccc(OC4=CCC(O)C4)cc3oc2=O)c(C(F)(F)F)c1. The summed E-state index contributed by atoms with van der Waals surface area (Å²) in [5.74, 6) is 1.03. The summed E-state index contributed by atoms with van der Waals surface area (Å²) < 4.78 is 52.8. The van der Waals surface area contributed by atoms with E-state index in [1.807, 2.05) is 0 Å². The van der Waals surface area contributed by atoms with Crippen molar-refractivity contribution in [3.8, 4) is 16.9 Å². The zero-order valence-electron chi connectivity index (χ0n) is 18.5. The number of fused-ring (bicyclic) bond motifs is 1. The van der Waals surface area contributed by atoms with Crippen molar-refractivity contribution in [1.29, 1.82) is 0 Å². The summed E-state index contributed by atoms with van der Waals surface area (Å²) in [6.07, 6.45) is 2.31. The number of halogens is 3. The molecule has 0 saturated heterocycles. The molecule has 1 aromatic heterocycles. The summed E-state index contributed by atoms with van der Waals surface area (Å²) in [5, 5.41) is 10.1. The first-order valence-corrected chi connectivity index (χ1v) is 11.2. The average Bonchev–Trinajstić information content (AvgIpc) is 3.20. The van der Waals surface area contributed by atoms with Gasteiger partial charge in [-0.3, -0.25) is 0 Å². The van der Waals surface area contributed by atoms with E-state index >= 15 is 0 Å². The van der Waals surface area contributed by atoms with E-state index in [2.05, 4.69) is 6.58 Å². The van der Waals surface area contributed by atoms with Gasteiger partial charge in [-0.25, -0.2) is 4.79 Å². The lowest BCUT2D eigenvalue weighted by molar-refractivity contribution is -0.137. The molecule has 3 aromatic rings. The van der Waals surface area contributed by atoms with Gasteiger partial charge in [-0.1, -0.05) is 18.2 Å². The molecule has 0 saturated carbocycles. The Morgan fingerprint density at radius 2 is 1.94 bits per heavy atom. The van der Waals surface area contributed by atoms with Gasteiger partial charge in [0.15, 0.2) is 0 Å². The van der Waals surface area contributed by atoms with Gasteiger partial charge >= 0.3 is 11.8 Å². The summed E-state index contributed by atoms with van der Waals surface area (Å²) in [6.45, 7) is 3.65. The predicted octanol–water partition coefficient (Wildman–Crippen LogP) is 6.80. The van der Waals surface area contributed by atoms with Crippen LogP contribution in [0.1, 0.15) is 43.2 Å². The molecular formula is C27H25F3O4. The molecule has 1 heterocycles. The van der Waals surface area contributed by atoms with Crippen molar-refractivity contribution in [3.05, 3.63) is 88.5 Å². The van der Waals surface area contributed by atoms with E-state index in [4.69, 9.17) is 9.15 Å². The maximum absolute atomic E-state index is 13.9. The Hall–Kier alpha value is -3.32. The zero-order valence-corrected chi connectivity index (χ0v) is 18.5. The lowest BCUT2D eigenvalue weighted by atomic mass is 9.95. The molecule has 0 amide bonds. The second-order valence-electron chi connectivity index (χ2n) is 8.43. The third kappa shape index (κ3) is 5.42. The molecule has 0 aliphatic heterocycles. The maximum atomic E-state index is 13.9. The van der Waals surface area contributed by atoms with Crippen LogP contribution in [-0.4, -0.2) is 11.2 Å². The fraction of sp³-hybridized carbons (Fsp3) is 0.296. The molecule has 178 valence electrons. The van der Waals surface area contributed by atoms with Gasteiger partial charge in [-0.05, 0) is 68.0 Å². The number of aryl methyl sites for hydroxylation is 1. The minimum atomic E-state index is -4.62. The summed E-state index contributed by atoms with van der Waals surface area (Å²) in [5.41, 5.74) is -1.29.